The molecule has 1 aromatic heterocycles. The van der Waals surface area contributed by atoms with E-state index in [0.717, 1.165) is 5.56 Å². The summed E-state index contributed by atoms with van der Waals surface area (Å²) in [6, 6.07) is 15.3. The van der Waals surface area contributed by atoms with Crippen molar-refractivity contribution in [1.82, 2.24) is 19.7 Å². The van der Waals surface area contributed by atoms with Gasteiger partial charge in [-0.1, -0.05) is 24.3 Å². The minimum atomic E-state index is -0.343. The molecule has 2 aromatic carbocycles. The summed E-state index contributed by atoms with van der Waals surface area (Å²) in [4.78, 5) is 18.2. The van der Waals surface area contributed by atoms with Crippen molar-refractivity contribution in [2.24, 2.45) is 0 Å². The number of hydrogen-bond donors (Lipinski definition) is 0. The summed E-state index contributed by atoms with van der Waals surface area (Å²) in [5, 5.41) is 12.8. The minimum absolute atomic E-state index is 0.0472. The molecule has 0 aliphatic carbocycles. The fourth-order valence-electron chi connectivity index (χ4n) is 2.55. The molecule has 0 N–H and O–H groups in total. The van der Waals surface area contributed by atoms with Gasteiger partial charge in [-0.2, -0.15) is 10.4 Å². The van der Waals surface area contributed by atoms with Gasteiger partial charge in [-0.05, 0) is 35.4 Å². The van der Waals surface area contributed by atoms with Crippen molar-refractivity contribution in [3.05, 3.63) is 83.7 Å². The predicted molar refractivity (Wildman–Crippen MR) is 91.8 cm³/mol. The summed E-state index contributed by atoms with van der Waals surface area (Å²) in [5.41, 5.74) is 2.14. The zero-order valence-corrected chi connectivity index (χ0v) is 13.9. The zero-order chi connectivity index (χ0) is 18.4. The third-order valence-corrected chi connectivity index (χ3v) is 3.84. The average Bonchev–Trinajstić information content (AvgIpc) is 3.15. The van der Waals surface area contributed by atoms with Crippen LogP contribution in [-0.4, -0.2) is 25.6 Å². The zero-order valence-electron chi connectivity index (χ0n) is 13.9. The molecule has 26 heavy (non-hydrogen) atoms. The van der Waals surface area contributed by atoms with Gasteiger partial charge < -0.3 is 4.90 Å². The number of amides is 1. The number of benzene rings is 2. The van der Waals surface area contributed by atoms with Crippen molar-refractivity contribution in [1.29, 1.82) is 5.26 Å². The van der Waals surface area contributed by atoms with E-state index < -0.39 is 0 Å². The van der Waals surface area contributed by atoms with Gasteiger partial charge in [0.05, 0.1) is 11.6 Å². The number of hydrogen-bond acceptors (Lipinski definition) is 4. The number of nitriles is 1. The number of carbonyl (C=O) groups is 1. The van der Waals surface area contributed by atoms with Crippen LogP contribution in [0.5, 0.6) is 0 Å². The van der Waals surface area contributed by atoms with Crippen LogP contribution in [0, 0.1) is 17.1 Å². The molecule has 0 bridgehead atoms. The third-order valence-electron chi connectivity index (χ3n) is 3.84. The highest BCUT2D eigenvalue weighted by Crippen LogP contribution is 2.13. The standard InChI is InChI=1S/C19H16FN5O/c20-18-3-1-2-17(8-18)11-24(19(26)12-25-14-22-13-23-25)10-16-6-4-15(9-21)5-7-16/h1-8,13-14H,10-12H2. The topological polar surface area (TPSA) is 74.8 Å². The summed E-state index contributed by atoms with van der Waals surface area (Å²) in [6.45, 7) is 0.659. The Morgan fingerprint density at radius 3 is 2.58 bits per heavy atom. The van der Waals surface area contributed by atoms with Crippen LogP contribution in [0.2, 0.25) is 0 Å². The van der Waals surface area contributed by atoms with E-state index >= 15 is 0 Å². The molecule has 3 rings (SSSR count). The quantitative estimate of drug-likeness (QED) is 0.685. The van der Waals surface area contributed by atoms with Gasteiger partial charge in [-0.15, -0.1) is 0 Å². The van der Waals surface area contributed by atoms with Crippen LogP contribution in [0.3, 0.4) is 0 Å². The first-order valence-electron chi connectivity index (χ1n) is 7.98. The van der Waals surface area contributed by atoms with Gasteiger partial charge in [-0.3, -0.25) is 4.79 Å². The lowest BCUT2D eigenvalue weighted by molar-refractivity contribution is -0.133. The molecule has 7 heteroatoms. The Kier molecular flexibility index (Phi) is 5.34. The summed E-state index contributed by atoms with van der Waals surface area (Å²) in [5.74, 6) is -0.506. The first kappa shape index (κ1) is 17.3. The van der Waals surface area contributed by atoms with Gasteiger partial charge in [0.2, 0.25) is 5.91 Å². The maximum atomic E-state index is 13.5. The number of rotatable bonds is 6. The van der Waals surface area contributed by atoms with Gasteiger partial charge in [0.25, 0.3) is 0 Å². The highest BCUT2D eigenvalue weighted by atomic mass is 19.1. The molecule has 0 spiro atoms. The molecule has 1 heterocycles. The molecule has 130 valence electrons. The minimum Gasteiger partial charge on any atom is -0.332 e. The molecule has 0 fully saturated rings. The Balaban J connectivity index is 1.79. The largest absolute Gasteiger partial charge is 0.332 e. The van der Waals surface area contributed by atoms with E-state index in [9.17, 15) is 9.18 Å². The Morgan fingerprint density at radius 1 is 1.15 bits per heavy atom. The van der Waals surface area contributed by atoms with Crippen molar-refractivity contribution < 1.29 is 9.18 Å². The SMILES string of the molecule is N#Cc1ccc(CN(Cc2cccc(F)c2)C(=O)Cn2cncn2)cc1. The van der Waals surface area contributed by atoms with Crippen molar-refractivity contribution >= 4 is 5.91 Å². The Labute approximate surface area is 150 Å². The first-order chi connectivity index (χ1) is 12.6. The number of carbonyl (C=O) groups excluding carboxylic acids is 1. The van der Waals surface area contributed by atoms with E-state index in [1.54, 1.807) is 41.3 Å². The molecule has 0 unspecified atom stereocenters. The average molecular weight is 349 g/mol. The van der Waals surface area contributed by atoms with Crippen LogP contribution in [0.4, 0.5) is 4.39 Å². The number of halogens is 1. The second-order valence-corrected chi connectivity index (χ2v) is 5.78. The molecular formula is C19H16FN5O. The fourth-order valence-corrected chi connectivity index (χ4v) is 2.55. The summed E-state index contributed by atoms with van der Waals surface area (Å²) >= 11 is 0. The lowest BCUT2D eigenvalue weighted by Gasteiger charge is -2.23. The van der Waals surface area contributed by atoms with Gasteiger partial charge in [0.15, 0.2) is 0 Å². The molecule has 0 radical (unpaired) electrons. The second-order valence-electron chi connectivity index (χ2n) is 5.78. The lowest BCUT2D eigenvalue weighted by Crippen LogP contribution is -2.33. The Hall–Kier alpha value is -3.53. The monoisotopic (exact) mass is 349 g/mol. The van der Waals surface area contributed by atoms with Crippen molar-refractivity contribution in [3.63, 3.8) is 0 Å². The second kappa shape index (κ2) is 8.03. The van der Waals surface area contributed by atoms with Crippen molar-refractivity contribution in [2.75, 3.05) is 0 Å². The molecule has 0 aliphatic rings. The van der Waals surface area contributed by atoms with E-state index in [1.807, 2.05) is 0 Å². The van der Waals surface area contributed by atoms with Crippen molar-refractivity contribution in [2.45, 2.75) is 19.6 Å². The smallest absolute Gasteiger partial charge is 0.244 e. The number of nitrogens with zero attached hydrogens (tertiary/aromatic N) is 5. The lowest BCUT2D eigenvalue weighted by atomic mass is 10.1. The van der Waals surface area contributed by atoms with E-state index in [2.05, 4.69) is 16.2 Å². The highest BCUT2D eigenvalue weighted by Gasteiger charge is 2.16. The van der Waals surface area contributed by atoms with Crippen molar-refractivity contribution in [3.8, 4) is 6.07 Å². The van der Waals surface area contributed by atoms with E-state index in [1.165, 1.54) is 29.5 Å². The Bertz CT molecular complexity index is 916. The van der Waals surface area contributed by atoms with E-state index in [-0.39, 0.29) is 24.8 Å². The van der Waals surface area contributed by atoms with E-state index in [0.29, 0.717) is 17.7 Å². The highest BCUT2D eigenvalue weighted by molar-refractivity contribution is 5.75. The van der Waals surface area contributed by atoms with Gasteiger partial charge >= 0.3 is 0 Å². The number of aromatic nitrogens is 3. The van der Waals surface area contributed by atoms with Crippen LogP contribution < -0.4 is 0 Å². The normalized spacial score (nSPS) is 10.3. The molecule has 0 aliphatic heterocycles. The summed E-state index contributed by atoms with van der Waals surface area (Å²) < 4.78 is 14.9. The maximum absolute atomic E-state index is 13.5. The van der Waals surface area contributed by atoms with Gasteiger partial charge in [-0.25, -0.2) is 14.1 Å². The molecule has 3 aromatic rings. The van der Waals surface area contributed by atoms with Crippen LogP contribution in [0.1, 0.15) is 16.7 Å². The molecule has 0 saturated heterocycles. The van der Waals surface area contributed by atoms with Crippen LogP contribution in [-0.2, 0) is 24.4 Å². The Morgan fingerprint density at radius 2 is 1.92 bits per heavy atom. The van der Waals surface area contributed by atoms with E-state index in [4.69, 9.17) is 5.26 Å². The third kappa shape index (κ3) is 4.51. The summed E-state index contributed by atoms with van der Waals surface area (Å²) in [6.07, 6.45) is 2.84. The molecule has 6 nitrogen and oxygen atoms in total. The van der Waals surface area contributed by atoms with Gasteiger partial charge in [0.1, 0.15) is 25.0 Å². The fraction of sp³-hybridized carbons (Fsp3) is 0.158. The van der Waals surface area contributed by atoms with Crippen LogP contribution in [0.25, 0.3) is 0 Å². The molecule has 0 atom stereocenters. The van der Waals surface area contributed by atoms with Gasteiger partial charge in [0, 0.05) is 13.1 Å². The summed E-state index contributed by atoms with van der Waals surface area (Å²) in [7, 11) is 0. The maximum Gasteiger partial charge on any atom is 0.244 e. The molecule has 0 saturated carbocycles. The van der Waals surface area contributed by atoms with Crippen LogP contribution >= 0.6 is 0 Å². The first-order valence-corrected chi connectivity index (χ1v) is 7.98. The molecule has 1 amide bonds. The predicted octanol–water partition coefficient (Wildman–Crippen LogP) is 2.52. The molecular weight excluding hydrogens is 333 g/mol. The van der Waals surface area contributed by atoms with Crippen LogP contribution in [0.15, 0.2) is 61.2 Å².